The molecule has 0 spiro atoms. The van der Waals surface area contributed by atoms with Gasteiger partial charge in [-0.1, -0.05) is 19.1 Å². The fourth-order valence-corrected chi connectivity index (χ4v) is 3.36. The highest BCUT2D eigenvalue weighted by Gasteiger charge is 2.24. The van der Waals surface area contributed by atoms with Crippen LogP contribution in [0.15, 0.2) is 28.9 Å². The Morgan fingerprint density at radius 1 is 1.27 bits per heavy atom. The number of rotatable bonds is 5. The smallest absolute Gasteiger partial charge is 0.409 e. The molecular formula is C20H26N2O4. The molecule has 0 aliphatic carbocycles. The predicted octanol–water partition coefficient (Wildman–Crippen LogP) is 3.27. The third-order valence-electron chi connectivity index (χ3n) is 4.87. The number of aryl methyl sites for hydroxylation is 1. The predicted molar refractivity (Wildman–Crippen MR) is 99.1 cm³/mol. The first-order chi connectivity index (χ1) is 12.6. The molecule has 1 saturated heterocycles. The second-order valence-electron chi connectivity index (χ2n) is 6.65. The molecule has 0 saturated carbocycles. The fraction of sp³-hybridized carbons (Fsp3) is 0.500. The number of hydrogen-bond donors (Lipinski definition) is 1. The van der Waals surface area contributed by atoms with E-state index in [0.717, 1.165) is 35.8 Å². The largest absolute Gasteiger partial charge is 0.464 e. The van der Waals surface area contributed by atoms with Gasteiger partial charge in [-0.05, 0) is 37.8 Å². The van der Waals surface area contributed by atoms with Crippen molar-refractivity contribution in [2.75, 3.05) is 19.7 Å². The number of carbonyl (C=O) groups excluding carboxylic acids is 2. The lowest BCUT2D eigenvalue weighted by Crippen LogP contribution is -2.47. The van der Waals surface area contributed by atoms with Gasteiger partial charge in [0.05, 0.1) is 19.3 Å². The number of ether oxygens (including phenoxy) is 1. The van der Waals surface area contributed by atoms with Crippen LogP contribution in [0.1, 0.15) is 37.8 Å². The zero-order valence-electron chi connectivity index (χ0n) is 15.4. The molecule has 1 aromatic heterocycles. The van der Waals surface area contributed by atoms with E-state index in [4.69, 9.17) is 9.15 Å². The first kappa shape index (κ1) is 18.3. The number of carbonyl (C=O) groups is 2. The van der Waals surface area contributed by atoms with Crippen molar-refractivity contribution in [3.63, 3.8) is 0 Å². The number of fused-ring (bicyclic) bond motifs is 1. The van der Waals surface area contributed by atoms with Crippen molar-refractivity contribution in [2.45, 2.75) is 45.6 Å². The summed E-state index contributed by atoms with van der Waals surface area (Å²) < 4.78 is 10.6. The molecule has 0 unspecified atom stereocenters. The summed E-state index contributed by atoms with van der Waals surface area (Å²) in [5.74, 6) is -0.0122. The van der Waals surface area contributed by atoms with Gasteiger partial charge in [0.25, 0.3) is 0 Å². The van der Waals surface area contributed by atoms with Crippen LogP contribution in [-0.2, 0) is 22.4 Å². The minimum Gasteiger partial charge on any atom is -0.464 e. The van der Waals surface area contributed by atoms with Crippen molar-refractivity contribution in [2.24, 2.45) is 0 Å². The molecule has 1 aliphatic heterocycles. The van der Waals surface area contributed by atoms with E-state index in [-0.39, 0.29) is 18.0 Å². The Morgan fingerprint density at radius 3 is 2.73 bits per heavy atom. The minimum absolute atomic E-state index is 0.0122. The minimum atomic E-state index is -0.270. The quantitative estimate of drug-likeness (QED) is 0.890. The van der Waals surface area contributed by atoms with E-state index >= 15 is 0 Å². The molecule has 0 bridgehead atoms. The average molecular weight is 358 g/mol. The molecule has 1 aromatic carbocycles. The number of likely N-dealkylation sites (tertiary alicyclic amines) is 1. The Balaban J connectivity index is 1.53. The van der Waals surface area contributed by atoms with Crippen molar-refractivity contribution in [3.8, 4) is 0 Å². The van der Waals surface area contributed by atoms with E-state index in [2.05, 4.69) is 18.3 Å². The lowest BCUT2D eigenvalue weighted by Gasteiger charge is -2.31. The van der Waals surface area contributed by atoms with Crippen LogP contribution in [0.25, 0.3) is 11.0 Å². The maximum Gasteiger partial charge on any atom is 0.409 e. The molecule has 1 aliphatic rings. The van der Waals surface area contributed by atoms with Gasteiger partial charge in [0.2, 0.25) is 5.91 Å². The van der Waals surface area contributed by atoms with Crippen LogP contribution < -0.4 is 5.32 Å². The van der Waals surface area contributed by atoms with Gasteiger partial charge < -0.3 is 19.4 Å². The summed E-state index contributed by atoms with van der Waals surface area (Å²) in [5.41, 5.74) is 2.95. The molecule has 1 fully saturated rings. The molecule has 0 atom stereocenters. The second-order valence-corrected chi connectivity index (χ2v) is 6.65. The summed E-state index contributed by atoms with van der Waals surface area (Å²) in [5, 5.41) is 4.07. The maximum absolute atomic E-state index is 12.4. The lowest BCUT2D eigenvalue weighted by atomic mass is 10.0. The standard InChI is InChI=1S/C20H26N2O4/c1-3-14-5-6-17-15(13-26-18(17)11-14)12-19(23)21-16-7-9-22(10-8-16)20(24)25-4-2/h5-6,11,13,16H,3-4,7-10,12H2,1-2H3,(H,21,23). The number of nitrogens with zero attached hydrogens (tertiary/aromatic N) is 1. The van der Waals surface area contributed by atoms with Crippen molar-refractivity contribution in [3.05, 3.63) is 35.6 Å². The van der Waals surface area contributed by atoms with Crippen LogP contribution in [0.4, 0.5) is 4.79 Å². The molecule has 3 rings (SSSR count). The SMILES string of the molecule is CCOC(=O)N1CCC(NC(=O)Cc2coc3cc(CC)ccc23)CC1. The van der Waals surface area contributed by atoms with Gasteiger partial charge in [0.15, 0.2) is 0 Å². The molecule has 2 amide bonds. The van der Waals surface area contributed by atoms with Gasteiger partial charge in [-0.3, -0.25) is 4.79 Å². The van der Waals surface area contributed by atoms with Crippen molar-refractivity contribution in [1.82, 2.24) is 10.2 Å². The molecule has 6 heteroatoms. The first-order valence-electron chi connectivity index (χ1n) is 9.30. The van der Waals surface area contributed by atoms with Crippen molar-refractivity contribution >= 4 is 23.0 Å². The molecule has 6 nitrogen and oxygen atoms in total. The molecule has 0 radical (unpaired) electrons. The zero-order valence-corrected chi connectivity index (χ0v) is 15.4. The summed E-state index contributed by atoms with van der Waals surface area (Å²) in [7, 11) is 0. The van der Waals surface area contributed by atoms with Crippen LogP contribution in [0.2, 0.25) is 0 Å². The van der Waals surface area contributed by atoms with Crippen LogP contribution in [0, 0.1) is 0 Å². The van der Waals surface area contributed by atoms with E-state index < -0.39 is 0 Å². The molecular weight excluding hydrogens is 332 g/mol. The summed E-state index contributed by atoms with van der Waals surface area (Å²) in [6, 6.07) is 6.22. The zero-order chi connectivity index (χ0) is 18.5. The Hall–Kier alpha value is -2.50. The van der Waals surface area contributed by atoms with Gasteiger partial charge in [-0.15, -0.1) is 0 Å². The number of amides is 2. The summed E-state index contributed by atoms with van der Waals surface area (Å²) >= 11 is 0. The monoisotopic (exact) mass is 358 g/mol. The van der Waals surface area contributed by atoms with Gasteiger partial charge in [0.1, 0.15) is 5.58 Å². The van der Waals surface area contributed by atoms with Gasteiger partial charge in [-0.2, -0.15) is 0 Å². The summed E-state index contributed by atoms with van der Waals surface area (Å²) in [6.45, 7) is 5.50. The van der Waals surface area contributed by atoms with E-state index in [1.54, 1.807) is 18.1 Å². The molecule has 2 heterocycles. The Labute approximate surface area is 153 Å². The number of nitrogens with one attached hydrogen (secondary N) is 1. The Kier molecular flexibility index (Phi) is 5.81. The first-order valence-corrected chi connectivity index (χ1v) is 9.30. The van der Waals surface area contributed by atoms with E-state index in [1.165, 1.54) is 5.56 Å². The number of benzene rings is 1. The van der Waals surface area contributed by atoms with Crippen LogP contribution in [0.5, 0.6) is 0 Å². The third-order valence-corrected chi connectivity index (χ3v) is 4.87. The van der Waals surface area contributed by atoms with Crippen LogP contribution in [-0.4, -0.2) is 42.6 Å². The Bertz CT molecular complexity index is 775. The highest BCUT2D eigenvalue weighted by Crippen LogP contribution is 2.23. The fourth-order valence-electron chi connectivity index (χ4n) is 3.36. The molecule has 26 heavy (non-hydrogen) atoms. The van der Waals surface area contributed by atoms with Crippen LogP contribution in [0.3, 0.4) is 0 Å². The highest BCUT2D eigenvalue weighted by atomic mass is 16.6. The van der Waals surface area contributed by atoms with Crippen LogP contribution >= 0.6 is 0 Å². The summed E-state index contributed by atoms with van der Waals surface area (Å²) in [4.78, 5) is 25.8. The van der Waals surface area contributed by atoms with Crippen molar-refractivity contribution in [1.29, 1.82) is 0 Å². The third kappa shape index (κ3) is 4.18. The van der Waals surface area contributed by atoms with Gasteiger partial charge >= 0.3 is 6.09 Å². The van der Waals surface area contributed by atoms with E-state index in [1.807, 2.05) is 12.1 Å². The number of hydrogen-bond acceptors (Lipinski definition) is 4. The Morgan fingerprint density at radius 2 is 2.04 bits per heavy atom. The normalized spacial score (nSPS) is 15.2. The highest BCUT2D eigenvalue weighted by molar-refractivity contribution is 5.88. The maximum atomic E-state index is 12.4. The molecule has 140 valence electrons. The average Bonchev–Trinajstić information content (AvgIpc) is 3.04. The molecule has 1 N–H and O–H groups in total. The van der Waals surface area contributed by atoms with Gasteiger partial charge in [0, 0.05) is 30.1 Å². The van der Waals surface area contributed by atoms with Crippen molar-refractivity contribution < 1.29 is 18.7 Å². The topological polar surface area (TPSA) is 71.8 Å². The number of furan rings is 1. The lowest BCUT2D eigenvalue weighted by molar-refractivity contribution is -0.121. The van der Waals surface area contributed by atoms with E-state index in [9.17, 15) is 9.59 Å². The second kappa shape index (κ2) is 8.25. The van der Waals surface area contributed by atoms with E-state index in [0.29, 0.717) is 26.1 Å². The number of piperidine rings is 1. The molecule has 2 aromatic rings. The van der Waals surface area contributed by atoms with Gasteiger partial charge in [-0.25, -0.2) is 4.79 Å². The summed E-state index contributed by atoms with van der Waals surface area (Å²) in [6.07, 6.45) is 4.15.